The van der Waals surface area contributed by atoms with Crippen molar-refractivity contribution in [2.24, 2.45) is 4.99 Å². The van der Waals surface area contributed by atoms with Gasteiger partial charge in [-0.15, -0.1) is 0 Å². The second kappa shape index (κ2) is 9.92. The van der Waals surface area contributed by atoms with E-state index in [9.17, 15) is 0 Å². The summed E-state index contributed by atoms with van der Waals surface area (Å²) in [4.78, 5) is 4.19. The average molecular weight is 307 g/mol. The van der Waals surface area contributed by atoms with E-state index in [1.54, 1.807) is 14.2 Å². The Bertz CT molecular complexity index is 473. The first-order valence-corrected chi connectivity index (χ1v) is 7.87. The van der Waals surface area contributed by atoms with Crippen molar-refractivity contribution in [3.05, 3.63) is 23.8 Å². The molecule has 0 aliphatic rings. The minimum Gasteiger partial charge on any atom is -0.493 e. The van der Waals surface area contributed by atoms with Gasteiger partial charge in [-0.2, -0.15) is 0 Å². The van der Waals surface area contributed by atoms with E-state index >= 15 is 0 Å². The van der Waals surface area contributed by atoms with Gasteiger partial charge in [0.15, 0.2) is 17.5 Å². The van der Waals surface area contributed by atoms with Crippen LogP contribution in [-0.4, -0.2) is 39.3 Å². The normalized spacial score (nSPS) is 11.5. The van der Waals surface area contributed by atoms with Crippen molar-refractivity contribution in [3.63, 3.8) is 0 Å². The molecule has 0 heterocycles. The fraction of sp³-hybridized carbons (Fsp3) is 0.588. The number of hydrogen-bond donors (Lipinski definition) is 2. The second-order valence-electron chi connectivity index (χ2n) is 5.32. The van der Waals surface area contributed by atoms with Crippen molar-refractivity contribution >= 4 is 5.96 Å². The number of nitrogens with zero attached hydrogens (tertiary/aromatic N) is 1. The van der Waals surface area contributed by atoms with Crippen LogP contribution < -0.4 is 20.1 Å². The van der Waals surface area contributed by atoms with Crippen LogP contribution in [0.2, 0.25) is 0 Å². The van der Waals surface area contributed by atoms with Crippen molar-refractivity contribution in [3.8, 4) is 11.5 Å². The molecule has 0 bridgehead atoms. The number of nitrogens with one attached hydrogen (secondary N) is 2. The van der Waals surface area contributed by atoms with Crippen LogP contribution in [0.5, 0.6) is 11.5 Å². The Morgan fingerprint density at radius 2 is 2.05 bits per heavy atom. The first kappa shape index (κ1) is 18.1. The van der Waals surface area contributed by atoms with Gasteiger partial charge in [0.05, 0.1) is 13.7 Å². The van der Waals surface area contributed by atoms with Crippen LogP contribution in [0, 0.1) is 0 Å². The second-order valence-corrected chi connectivity index (χ2v) is 5.32. The molecule has 1 aromatic carbocycles. The molecule has 0 fully saturated rings. The number of rotatable bonds is 8. The predicted molar refractivity (Wildman–Crippen MR) is 92.1 cm³/mol. The van der Waals surface area contributed by atoms with Gasteiger partial charge in [-0.25, -0.2) is 0 Å². The molecule has 0 aliphatic heterocycles. The van der Waals surface area contributed by atoms with Crippen LogP contribution in [-0.2, 0) is 6.42 Å². The van der Waals surface area contributed by atoms with E-state index in [0.29, 0.717) is 12.6 Å². The Balaban J connectivity index is 2.46. The maximum Gasteiger partial charge on any atom is 0.191 e. The van der Waals surface area contributed by atoms with Crippen molar-refractivity contribution in [2.45, 2.75) is 39.7 Å². The van der Waals surface area contributed by atoms with Crippen LogP contribution in [0.25, 0.3) is 0 Å². The zero-order valence-electron chi connectivity index (χ0n) is 14.4. The summed E-state index contributed by atoms with van der Waals surface area (Å²) in [5, 5.41) is 6.59. The van der Waals surface area contributed by atoms with Gasteiger partial charge in [0, 0.05) is 19.6 Å². The van der Waals surface area contributed by atoms with Gasteiger partial charge in [0.2, 0.25) is 0 Å². The Labute approximate surface area is 134 Å². The van der Waals surface area contributed by atoms with Crippen molar-refractivity contribution in [1.82, 2.24) is 10.6 Å². The molecule has 0 unspecified atom stereocenters. The summed E-state index contributed by atoms with van der Waals surface area (Å²) in [6.45, 7) is 7.68. The summed E-state index contributed by atoms with van der Waals surface area (Å²) in [6, 6.07) is 6.49. The zero-order valence-corrected chi connectivity index (χ0v) is 14.4. The van der Waals surface area contributed by atoms with Gasteiger partial charge >= 0.3 is 0 Å². The minimum atomic E-state index is 0.376. The van der Waals surface area contributed by atoms with Crippen molar-refractivity contribution in [2.75, 3.05) is 27.3 Å². The lowest BCUT2D eigenvalue weighted by Crippen LogP contribution is -2.41. The average Bonchev–Trinajstić information content (AvgIpc) is 2.50. The number of aliphatic imine (C=N–C) groups is 1. The van der Waals surface area contributed by atoms with Crippen molar-refractivity contribution in [1.29, 1.82) is 0 Å². The molecule has 0 atom stereocenters. The number of aryl methyl sites for hydroxylation is 1. The summed E-state index contributed by atoms with van der Waals surface area (Å²) in [5.74, 6) is 2.44. The number of ether oxygens (including phenoxy) is 2. The van der Waals surface area contributed by atoms with Gasteiger partial charge in [0.1, 0.15) is 0 Å². The standard InChI is InChI=1S/C17H29N3O2/c1-6-22-16-12-14(9-10-15(16)21-5)8-7-11-19-17(18-4)20-13(2)3/h9-10,12-13H,6-8,11H2,1-5H3,(H2,18,19,20). The fourth-order valence-corrected chi connectivity index (χ4v) is 2.11. The first-order chi connectivity index (χ1) is 10.6. The van der Waals surface area contributed by atoms with Crippen LogP contribution in [0.3, 0.4) is 0 Å². The van der Waals surface area contributed by atoms with Gasteiger partial charge in [-0.05, 0) is 51.3 Å². The molecule has 124 valence electrons. The van der Waals surface area contributed by atoms with Crippen LogP contribution in [0.15, 0.2) is 23.2 Å². The van der Waals surface area contributed by atoms with E-state index < -0.39 is 0 Å². The molecule has 0 saturated carbocycles. The summed E-state index contributed by atoms with van der Waals surface area (Å²) < 4.78 is 10.9. The smallest absolute Gasteiger partial charge is 0.191 e. The number of methoxy groups -OCH3 is 1. The lowest BCUT2D eigenvalue weighted by atomic mass is 10.1. The Hall–Kier alpha value is -1.91. The third kappa shape index (κ3) is 6.24. The highest BCUT2D eigenvalue weighted by atomic mass is 16.5. The van der Waals surface area contributed by atoms with Gasteiger partial charge in [-0.1, -0.05) is 6.07 Å². The van der Waals surface area contributed by atoms with Gasteiger partial charge in [-0.3, -0.25) is 4.99 Å². The molecule has 2 N–H and O–H groups in total. The topological polar surface area (TPSA) is 54.9 Å². The summed E-state index contributed by atoms with van der Waals surface area (Å²) in [5.41, 5.74) is 1.25. The largest absolute Gasteiger partial charge is 0.493 e. The molecular weight excluding hydrogens is 278 g/mol. The molecule has 0 amide bonds. The Morgan fingerprint density at radius 3 is 2.64 bits per heavy atom. The fourth-order valence-electron chi connectivity index (χ4n) is 2.11. The summed E-state index contributed by atoms with van der Waals surface area (Å²) >= 11 is 0. The van der Waals surface area contributed by atoms with E-state index in [1.807, 2.05) is 13.0 Å². The zero-order chi connectivity index (χ0) is 16.4. The van der Waals surface area contributed by atoms with Gasteiger partial charge < -0.3 is 20.1 Å². The predicted octanol–water partition coefficient (Wildman–Crippen LogP) is 2.60. The van der Waals surface area contributed by atoms with E-state index in [2.05, 4.69) is 41.6 Å². The monoisotopic (exact) mass is 307 g/mol. The number of guanidine groups is 1. The van der Waals surface area contributed by atoms with Crippen LogP contribution in [0.1, 0.15) is 32.8 Å². The highest BCUT2D eigenvalue weighted by Crippen LogP contribution is 2.28. The van der Waals surface area contributed by atoms with Crippen LogP contribution in [0.4, 0.5) is 0 Å². The third-order valence-electron chi connectivity index (χ3n) is 3.11. The first-order valence-electron chi connectivity index (χ1n) is 7.87. The number of hydrogen-bond acceptors (Lipinski definition) is 3. The van der Waals surface area contributed by atoms with E-state index in [4.69, 9.17) is 9.47 Å². The maximum atomic E-state index is 5.60. The third-order valence-corrected chi connectivity index (χ3v) is 3.11. The van der Waals surface area contributed by atoms with Gasteiger partial charge in [0.25, 0.3) is 0 Å². The summed E-state index contributed by atoms with van der Waals surface area (Å²) in [6.07, 6.45) is 2.01. The molecule has 0 aromatic heterocycles. The maximum absolute atomic E-state index is 5.60. The van der Waals surface area contributed by atoms with E-state index in [-0.39, 0.29) is 0 Å². The lowest BCUT2D eigenvalue weighted by molar-refractivity contribution is 0.310. The number of benzene rings is 1. The Morgan fingerprint density at radius 1 is 1.27 bits per heavy atom. The lowest BCUT2D eigenvalue weighted by Gasteiger charge is -2.14. The molecule has 5 nitrogen and oxygen atoms in total. The van der Waals surface area contributed by atoms with E-state index in [0.717, 1.165) is 36.8 Å². The van der Waals surface area contributed by atoms with E-state index in [1.165, 1.54) is 5.56 Å². The molecular formula is C17H29N3O2. The van der Waals surface area contributed by atoms with Crippen LogP contribution >= 0.6 is 0 Å². The SMILES string of the molecule is CCOc1cc(CCCNC(=NC)NC(C)C)ccc1OC. The molecule has 1 rings (SSSR count). The van der Waals surface area contributed by atoms with Crippen molar-refractivity contribution < 1.29 is 9.47 Å². The molecule has 1 aromatic rings. The summed E-state index contributed by atoms with van der Waals surface area (Å²) in [7, 11) is 3.45. The molecule has 0 aliphatic carbocycles. The highest BCUT2D eigenvalue weighted by Gasteiger charge is 2.05. The quantitative estimate of drug-likeness (QED) is 0.440. The molecule has 0 spiro atoms. The molecule has 22 heavy (non-hydrogen) atoms. The molecule has 0 saturated heterocycles. The molecule has 5 heteroatoms. The minimum absolute atomic E-state index is 0.376. The Kier molecular flexibility index (Phi) is 8.18. The highest BCUT2D eigenvalue weighted by molar-refractivity contribution is 5.79. The molecule has 0 radical (unpaired) electrons.